The minimum atomic E-state index is -0.628. The van der Waals surface area contributed by atoms with Gasteiger partial charge >= 0.3 is 0 Å². The summed E-state index contributed by atoms with van der Waals surface area (Å²) in [6.45, 7) is 12.3. The summed E-state index contributed by atoms with van der Waals surface area (Å²) in [5, 5.41) is 13.7. The van der Waals surface area contributed by atoms with Crippen molar-refractivity contribution in [1.82, 2.24) is 25.1 Å². The Bertz CT molecular complexity index is 1770. The molecule has 2 N–H and O–H groups in total. The Balaban J connectivity index is 0.00000221. The van der Waals surface area contributed by atoms with Crippen molar-refractivity contribution in [2.24, 2.45) is 4.99 Å². The van der Waals surface area contributed by atoms with Crippen LogP contribution in [-0.4, -0.2) is 64.4 Å². The number of likely N-dealkylation sites (tertiary alicyclic amines) is 2. The smallest absolute Gasteiger partial charge is 0.232 e. The third kappa shape index (κ3) is 8.16. The van der Waals surface area contributed by atoms with Crippen molar-refractivity contribution in [1.29, 1.82) is 5.26 Å². The van der Waals surface area contributed by atoms with E-state index in [-0.39, 0.29) is 11.8 Å². The topological polar surface area (TPSA) is 100 Å². The highest BCUT2D eigenvalue weighted by Crippen LogP contribution is 2.42. The monoisotopic (exact) mass is 869 g/mol. The number of piperidine rings is 1. The second-order valence-corrected chi connectivity index (χ2v) is 13.5. The predicted molar refractivity (Wildman–Crippen MR) is 213 cm³/mol. The summed E-state index contributed by atoms with van der Waals surface area (Å²) in [4.78, 5) is 30.7. The van der Waals surface area contributed by atoms with Gasteiger partial charge in [0.05, 0.1) is 11.1 Å². The zero-order valence-electron chi connectivity index (χ0n) is 28.3. The number of nitriles is 1. The number of aliphatic imine (C=N–C) groups is 1. The van der Waals surface area contributed by atoms with E-state index < -0.39 is 5.41 Å². The van der Waals surface area contributed by atoms with E-state index in [4.69, 9.17) is 4.99 Å². The number of benzene rings is 2. The lowest BCUT2D eigenvalue weighted by molar-refractivity contribution is -0.135. The van der Waals surface area contributed by atoms with Gasteiger partial charge in [-0.05, 0) is 118 Å². The summed E-state index contributed by atoms with van der Waals surface area (Å²) >= 11 is 4.24. The Kier molecular flexibility index (Phi) is 12.4. The van der Waals surface area contributed by atoms with Gasteiger partial charge in [0, 0.05) is 99.2 Å². The van der Waals surface area contributed by atoms with Crippen molar-refractivity contribution in [3.05, 3.63) is 88.7 Å². The van der Waals surface area contributed by atoms with Crippen LogP contribution in [0.2, 0.25) is 0 Å². The zero-order valence-corrected chi connectivity index (χ0v) is 32.6. The molecule has 2 aromatic heterocycles. The number of carbonyl (C=O) groups is 1. The first-order valence-corrected chi connectivity index (χ1v) is 23.0. The molecule has 2 fully saturated rings. The molecule has 10 heteroatoms. The third-order valence-electron chi connectivity index (χ3n) is 9.71. The van der Waals surface area contributed by atoms with Crippen molar-refractivity contribution in [2.75, 3.05) is 32.7 Å². The summed E-state index contributed by atoms with van der Waals surface area (Å²) < 4.78 is 0. The number of guanidine groups is 1. The number of hydrogen-bond donors (Lipinski definition) is 2. The number of hydrogen-bond acceptors (Lipinski definition) is 4. The normalized spacial score (nSPS) is 16.8. The molecule has 2 aromatic carbocycles. The molecular formula is C38H45I2N7O. The van der Waals surface area contributed by atoms with E-state index >= 15 is 0 Å². The van der Waals surface area contributed by atoms with Crippen molar-refractivity contribution >= 4 is 60.0 Å². The molecule has 4 aromatic rings. The van der Waals surface area contributed by atoms with Crippen LogP contribution in [0.4, 0.5) is 0 Å². The molecule has 1 unspecified atom stereocenters. The van der Waals surface area contributed by atoms with Gasteiger partial charge in [-0.15, -0.1) is 0 Å². The van der Waals surface area contributed by atoms with E-state index in [0.29, 0.717) is 12.5 Å². The number of pyridine rings is 1. The second-order valence-electron chi connectivity index (χ2n) is 13.5. The maximum Gasteiger partial charge on any atom is 0.232 e. The van der Waals surface area contributed by atoms with Crippen LogP contribution in [0.25, 0.3) is 22.2 Å². The number of nitrogens with zero attached hydrogens (tertiary/aromatic N) is 5. The first-order chi connectivity index (χ1) is 23.2. The highest BCUT2D eigenvalue weighted by atomic mass is 128. The molecule has 252 valence electrons. The number of carbonyl (C=O) groups excluding carboxylic acids is 1. The Morgan fingerprint density at radius 2 is 1.71 bits per heavy atom. The highest BCUT2D eigenvalue weighted by Gasteiger charge is 2.36. The quantitative estimate of drug-likeness (QED) is 0.0640. The van der Waals surface area contributed by atoms with E-state index in [1.807, 2.05) is 17.0 Å². The van der Waals surface area contributed by atoms with Crippen LogP contribution in [0.3, 0.4) is 0 Å². The molecule has 2 aliphatic rings. The molecule has 1 atom stereocenters. The van der Waals surface area contributed by atoms with Crippen LogP contribution < -0.4 is 5.32 Å². The Labute approximate surface area is 308 Å². The van der Waals surface area contributed by atoms with Crippen LogP contribution >= 0.6 is 37.2 Å². The fourth-order valence-electron chi connectivity index (χ4n) is 7.33. The number of amides is 1. The van der Waals surface area contributed by atoms with Crippen LogP contribution in [0.1, 0.15) is 73.3 Å². The Hall–Kier alpha value is -3.18. The molecule has 0 bridgehead atoms. The number of halogens is 2. The van der Waals surface area contributed by atoms with Gasteiger partial charge < -0.3 is 14.8 Å². The lowest BCUT2D eigenvalue weighted by Crippen LogP contribution is -2.45. The van der Waals surface area contributed by atoms with Crippen LogP contribution in [-0.2, 0) is 16.6 Å². The largest absolute Gasteiger partial charge is 0.354 e. The van der Waals surface area contributed by atoms with Crippen molar-refractivity contribution in [3.63, 3.8) is 0 Å². The molecular weight excluding hydrogens is 824 g/mol. The predicted octanol–water partition coefficient (Wildman–Crippen LogP) is 8.37. The van der Waals surface area contributed by atoms with Crippen LogP contribution in [0, 0.1) is 25.3 Å². The number of aromatic amines is 1. The van der Waals surface area contributed by atoms with Crippen molar-refractivity contribution < 1.29 is 4.79 Å². The number of aromatic nitrogens is 2. The molecule has 2 saturated heterocycles. The number of rotatable bonds is 7. The third-order valence-corrected chi connectivity index (χ3v) is 9.71. The summed E-state index contributed by atoms with van der Waals surface area (Å²) in [6, 6.07) is 17.3. The minimum Gasteiger partial charge on any atom is -0.354 e. The van der Waals surface area contributed by atoms with Gasteiger partial charge in [0.25, 0.3) is 0 Å². The first kappa shape index (κ1) is 36.1. The van der Waals surface area contributed by atoms with Crippen LogP contribution in [0.5, 0.6) is 0 Å². The molecule has 0 spiro atoms. The standard InChI is InChI=1S/C38H45N7O.I2/c1-26-20-27(2)22-30(21-26)35-34(32-23-31(9-10-33(32)43-35)38(3,4)36(46)44-17-5-6-18-44)29-8-7-19-45(24-29)37(42-25-39)41-16-13-28-11-14-40-15-12-28;1-2/h9-12,14-15,20-23,29,43H,5-8,13,16-19,24H2,1-4H3,(H,41,42);. The molecule has 8 nitrogen and oxygen atoms in total. The SMILES string of the molecule is Cc1cc(C)cc(-c2[nH]c3ccc(C(C)(C)C(=O)N4CCCC4)cc3c2C2CCCN(C(=NCCc3ccncc3)NC#N)C2)c1.II. The molecule has 2 aliphatic heterocycles. The zero-order chi connectivity index (χ0) is 34.3. The minimum absolute atomic E-state index is 0.204. The van der Waals surface area contributed by atoms with Gasteiger partial charge in [0.1, 0.15) is 0 Å². The van der Waals surface area contributed by atoms with Crippen LogP contribution in [0.15, 0.2) is 65.9 Å². The molecule has 0 radical (unpaired) electrons. The fourth-order valence-corrected chi connectivity index (χ4v) is 7.33. The number of nitrogens with one attached hydrogen (secondary N) is 2. The Morgan fingerprint density at radius 1 is 1.02 bits per heavy atom. The maximum absolute atomic E-state index is 13.7. The fraction of sp³-hybridized carbons (Fsp3) is 0.421. The highest BCUT2D eigenvalue weighted by molar-refractivity contribution is 15.0. The molecule has 48 heavy (non-hydrogen) atoms. The molecule has 4 heterocycles. The van der Waals surface area contributed by atoms with Gasteiger partial charge in [-0.1, -0.05) is 23.3 Å². The van der Waals surface area contributed by atoms with Crippen molar-refractivity contribution in [2.45, 2.75) is 71.1 Å². The van der Waals surface area contributed by atoms with Gasteiger partial charge in [-0.25, -0.2) is 0 Å². The number of aryl methyl sites for hydroxylation is 2. The van der Waals surface area contributed by atoms with E-state index in [9.17, 15) is 10.1 Å². The summed E-state index contributed by atoms with van der Waals surface area (Å²) in [6.07, 6.45) is 10.7. The van der Waals surface area contributed by atoms with E-state index in [1.165, 1.54) is 33.2 Å². The first-order valence-electron chi connectivity index (χ1n) is 16.8. The van der Waals surface area contributed by atoms with E-state index in [1.54, 1.807) is 12.4 Å². The molecule has 6 rings (SSSR count). The van der Waals surface area contributed by atoms with Gasteiger partial charge in [0.15, 0.2) is 6.19 Å². The summed E-state index contributed by atoms with van der Waals surface area (Å²) in [5.74, 6) is 1.04. The van der Waals surface area contributed by atoms with Gasteiger partial charge in [0.2, 0.25) is 11.9 Å². The average Bonchev–Trinajstić information content (AvgIpc) is 3.77. The summed E-state index contributed by atoms with van der Waals surface area (Å²) in [7, 11) is 0. The average molecular weight is 870 g/mol. The molecule has 0 saturated carbocycles. The number of fused-ring (bicyclic) bond motifs is 1. The second kappa shape index (κ2) is 16.5. The van der Waals surface area contributed by atoms with E-state index in [0.717, 1.165) is 75.1 Å². The number of H-pyrrole nitrogens is 1. The lowest BCUT2D eigenvalue weighted by Gasteiger charge is -2.35. The summed E-state index contributed by atoms with van der Waals surface area (Å²) in [5.41, 5.74) is 8.72. The maximum atomic E-state index is 13.7. The van der Waals surface area contributed by atoms with Gasteiger partial charge in [-0.3, -0.25) is 20.1 Å². The molecule has 0 aliphatic carbocycles. The van der Waals surface area contributed by atoms with E-state index in [2.05, 4.69) is 128 Å². The Morgan fingerprint density at radius 3 is 2.40 bits per heavy atom. The van der Waals surface area contributed by atoms with Gasteiger partial charge in [-0.2, -0.15) is 5.26 Å². The lowest BCUT2D eigenvalue weighted by atomic mass is 9.81. The molecule has 1 amide bonds. The van der Waals surface area contributed by atoms with Crippen molar-refractivity contribution in [3.8, 4) is 17.5 Å².